The van der Waals surface area contributed by atoms with Crippen LogP contribution in [0, 0.1) is 17.7 Å². The smallest absolute Gasteiger partial charge is 0.406 e. The van der Waals surface area contributed by atoms with Crippen LogP contribution in [-0.4, -0.2) is 49.4 Å². The van der Waals surface area contributed by atoms with Gasteiger partial charge in [0, 0.05) is 35.9 Å². The standard InChI is InChI=1S/C27H27F4N3O3/c1-17(35)18-5-6-23(26(12-18)36-2)32-9-3-4-21-15-22-24(33-20-7-10-37-11-8-20)13-19(28)14-25(22)34(21)16-27(29,30)31/h5-6,12-15,20,32-33H,7-11,16H2,1-2H3. The number of hydrogen-bond acceptors (Lipinski definition) is 5. The van der Waals surface area contributed by atoms with E-state index in [2.05, 4.69) is 22.5 Å². The molecule has 3 aromatic rings. The topological polar surface area (TPSA) is 64.5 Å². The van der Waals surface area contributed by atoms with Crippen molar-refractivity contribution in [1.82, 2.24) is 4.57 Å². The van der Waals surface area contributed by atoms with Crippen LogP contribution in [0.25, 0.3) is 10.9 Å². The Kier molecular flexibility index (Phi) is 7.93. The third-order valence-electron chi connectivity index (χ3n) is 6.10. The van der Waals surface area contributed by atoms with E-state index >= 15 is 0 Å². The van der Waals surface area contributed by atoms with Crippen molar-refractivity contribution < 1.29 is 31.8 Å². The second-order valence-corrected chi connectivity index (χ2v) is 8.77. The molecule has 1 aromatic heterocycles. The van der Waals surface area contributed by atoms with Gasteiger partial charge in [0.2, 0.25) is 0 Å². The average Bonchev–Trinajstić information content (AvgIpc) is 3.18. The number of benzene rings is 2. The number of rotatable bonds is 7. The normalized spacial score (nSPS) is 14.2. The van der Waals surface area contributed by atoms with Crippen LogP contribution in [0.3, 0.4) is 0 Å². The van der Waals surface area contributed by atoms with Crippen molar-refractivity contribution >= 4 is 28.1 Å². The summed E-state index contributed by atoms with van der Waals surface area (Å²) in [6.45, 7) is 1.39. The van der Waals surface area contributed by atoms with Gasteiger partial charge in [-0.25, -0.2) is 4.39 Å². The van der Waals surface area contributed by atoms with Gasteiger partial charge in [-0.1, -0.05) is 5.92 Å². The highest BCUT2D eigenvalue weighted by atomic mass is 19.4. The molecular formula is C27H27F4N3O3. The van der Waals surface area contributed by atoms with Crippen molar-refractivity contribution in [3.63, 3.8) is 0 Å². The molecule has 0 aliphatic carbocycles. The zero-order valence-corrected chi connectivity index (χ0v) is 20.5. The SMILES string of the molecule is COc1cc(C(C)=O)ccc1NCC#Cc1cc2c(NC3CCOCC3)cc(F)cc2n1CC(F)(F)F. The number of ketones is 1. The number of alkyl halides is 3. The first-order valence-corrected chi connectivity index (χ1v) is 11.8. The van der Waals surface area contributed by atoms with Crippen molar-refractivity contribution in [3.05, 3.63) is 53.5 Å². The predicted octanol–water partition coefficient (Wildman–Crippen LogP) is 5.61. The van der Waals surface area contributed by atoms with Crippen molar-refractivity contribution in [3.8, 4) is 17.6 Å². The van der Waals surface area contributed by atoms with Gasteiger partial charge in [-0.2, -0.15) is 13.2 Å². The number of anilines is 2. The molecule has 2 heterocycles. The van der Waals surface area contributed by atoms with Crippen molar-refractivity contribution in [2.24, 2.45) is 0 Å². The van der Waals surface area contributed by atoms with Gasteiger partial charge in [-0.15, -0.1) is 0 Å². The van der Waals surface area contributed by atoms with Crippen LogP contribution < -0.4 is 15.4 Å². The quantitative estimate of drug-likeness (QED) is 0.242. The molecule has 0 amide bonds. The summed E-state index contributed by atoms with van der Waals surface area (Å²) in [5, 5.41) is 6.79. The molecule has 10 heteroatoms. The molecule has 37 heavy (non-hydrogen) atoms. The minimum absolute atomic E-state index is 0.0350. The number of carbonyl (C=O) groups is 1. The zero-order valence-electron chi connectivity index (χ0n) is 20.5. The van der Waals surface area contributed by atoms with Crippen molar-refractivity contribution in [1.29, 1.82) is 0 Å². The highest BCUT2D eigenvalue weighted by Crippen LogP contribution is 2.32. The van der Waals surface area contributed by atoms with Gasteiger partial charge >= 0.3 is 6.18 Å². The van der Waals surface area contributed by atoms with E-state index in [-0.39, 0.29) is 29.6 Å². The molecule has 4 rings (SSSR count). The minimum Gasteiger partial charge on any atom is -0.495 e. The van der Waals surface area contributed by atoms with Gasteiger partial charge < -0.3 is 24.7 Å². The number of aromatic nitrogens is 1. The van der Waals surface area contributed by atoms with Crippen LogP contribution in [0.1, 0.15) is 35.8 Å². The van der Waals surface area contributed by atoms with Crippen LogP contribution >= 0.6 is 0 Å². The first-order valence-electron chi connectivity index (χ1n) is 11.8. The molecule has 0 bridgehead atoms. The number of hydrogen-bond donors (Lipinski definition) is 2. The third-order valence-corrected chi connectivity index (χ3v) is 6.10. The molecule has 0 unspecified atom stereocenters. The molecule has 196 valence electrons. The highest BCUT2D eigenvalue weighted by molar-refractivity contribution is 5.95. The molecule has 1 aliphatic rings. The molecule has 0 saturated carbocycles. The molecule has 0 atom stereocenters. The highest BCUT2D eigenvalue weighted by Gasteiger charge is 2.30. The predicted molar refractivity (Wildman–Crippen MR) is 134 cm³/mol. The molecule has 0 spiro atoms. The Bertz CT molecular complexity index is 1350. The lowest BCUT2D eigenvalue weighted by Gasteiger charge is -2.24. The average molecular weight is 518 g/mol. The minimum atomic E-state index is -4.52. The van der Waals surface area contributed by atoms with Gasteiger partial charge in [-0.3, -0.25) is 4.79 Å². The monoisotopic (exact) mass is 517 g/mol. The molecule has 1 saturated heterocycles. The van der Waals surface area contributed by atoms with E-state index in [9.17, 15) is 22.4 Å². The Morgan fingerprint density at radius 2 is 1.92 bits per heavy atom. The van der Waals surface area contributed by atoms with Crippen LogP contribution in [0.4, 0.5) is 28.9 Å². The maximum absolute atomic E-state index is 14.5. The molecule has 1 aliphatic heterocycles. The number of nitrogens with zero attached hydrogens (tertiary/aromatic N) is 1. The Balaban J connectivity index is 1.63. The van der Waals surface area contributed by atoms with Gasteiger partial charge in [-0.05, 0) is 62.1 Å². The fourth-order valence-corrected chi connectivity index (χ4v) is 4.29. The van der Waals surface area contributed by atoms with E-state index in [0.29, 0.717) is 41.3 Å². The van der Waals surface area contributed by atoms with E-state index in [1.54, 1.807) is 24.3 Å². The molecule has 0 radical (unpaired) electrons. The van der Waals surface area contributed by atoms with Crippen molar-refractivity contribution in [2.75, 3.05) is 37.5 Å². The van der Waals surface area contributed by atoms with E-state index in [0.717, 1.165) is 23.5 Å². The summed E-state index contributed by atoms with van der Waals surface area (Å²) >= 11 is 0. The summed E-state index contributed by atoms with van der Waals surface area (Å²) < 4.78 is 66.5. The number of carbonyl (C=O) groups excluding carboxylic acids is 1. The molecule has 6 nitrogen and oxygen atoms in total. The second kappa shape index (κ2) is 11.1. The first kappa shape index (κ1) is 26.4. The van der Waals surface area contributed by atoms with Gasteiger partial charge in [0.25, 0.3) is 0 Å². The van der Waals surface area contributed by atoms with Crippen LogP contribution in [0.2, 0.25) is 0 Å². The first-order chi connectivity index (χ1) is 17.6. The van der Waals surface area contributed by atoms with Crippen LogP contribution in [-0.2, 0) is 11.3 Å². The number of halogens is 4. The maximum Gasteiger partial charge on any atom is 0.406 e. The summed E-state index contributed by atoms with van der Waals surface area (Å²) in [6.07, 6.45) is -3.08. The van der Waals surface area contributed by atoms with E-state index in [1.165, 1.54) is 20.1 Å². The Hall–Kier alpha value is -3.71. The van der Waals surface area contributed by atoms with Gasteiger partial charge in [0.15, 0.2) is 5.78 Å². The van der Waals surface area contributed by atoms with E-state index < -0.39 is 18.5 Å². The fraction of sp³-hybridized carbons (Fsp3) is 0.370. The summed E-state index contributed by atoms with van der Waals surface area (Å²) in [6, 6.07) is 8.90. The summed E-state index contributed by atoms with van der Waals surface area (Å²) in [4.78, 5) is 11.6. The molecule has 2 N–H and O–H groups in total. The maximum atomic E-state index is 14.5. The number of nitrogens with one attached hydrogen (secondary N) is 2. The number of methoxy groups -OCH3 is 1. The van der Waals surface area contributed by atoms with E-state index in [4.69, 9.17) is 9.47 Å². The number of Topliss-reactive ketones (excluding diaryl/α,β-unsaturated/α-hetero) is 1. The number of fused-ring (bicyclic) bond motifs is 1. The van der Waals surface area contributed by atoms with Crippen LogP contribution in [0.15, 0.2) is 36.4 Å². The lowest BCUT2D eigenvalue weighted by Crippen LogP contribution is -2.27. The van der Waals surface area contributed by atoms with Crippen LogP contribution in [0.5, 0.6) is 5.75 Å². The fourth-order valence-electron chi connectivity index (χ4n) is 4.29. The Morgan fingerprint density at radius 3 is 2.59 bits per heavy atom. The molecular weight excluding hydrogens is 490 g/mol. The van der Waals surface area contributed by atoms with E-state index in [1.807, 2.05) is 0 Å². The second-order valence-electron chi connectivity index (χ2n) is 8.77. The molecule has 1 fully saturated rings. The lowest BCUT2D eigenvalue weighted by molar-refractivity contribution is -0.140. The lowest BCUT2D eigenvalue weighted by atomic mass is 10.1. The van der Waals surface area contributed by atoms with Gasteiger partial charge in [0.1, 0.15) is 18.1 Å². The Labute approximate surface area is 211 Å². The third kappa shape index (κ3) is 6.54. The largest absolute Gasteiger partial charge is 0.495 e. The Morgan fingerprint density at radius 1 is 1.16 bits per heavy atom. The summed E-state index contributed by atoms with van der Waals surface area (Å²) in [5.74, 6) is 5.34. The molecule has 2 aromatic carbocycles. The zero-order chi connectivity index (χ0) is 26.6. The summed E-state index contributed by atoms with van der Waals surface area (Å²) in [5.41, 5.74) is 1.74. The van der Waals surface area contributed by atoms with Gasteiger partial charge in [0.05, 0.1) is 30.6 Å². The summed E-state index contributed by atoms with van der Waals surface area (Å²) in [7, 11) is 1.47. The van der Waals surface area contributed by atoms with Crippen molar-refractivity contribution in [2.45, 2.75) is 38.5 Å². The number of ether oxygens (including phenoxy) is 2.